The second kappa shape index (κ2) is 4.75. The Morgan fingerprint density at radius 1 is 1.50 bits per heavy atom. The molecule has 0 aliphatic carbocycles. The molecule has 1 atom stereocenters. The SMILES string of the molecule is CC1(C(=O)O)CCN(Cc2cn3cc(Cl)ccc3n2)C1. The van der Waals surface area contributed by atoms with Crippen molar-refractivity contribution in [3.05, 3.63) is 35.2 Å². The maximum absolute atomic E-state index is 11.2. The van der Waals surface area contributed by atoms with Crippen LogP contribution in [0.2, 0.25) is 5.02 Å². The minimum Gasteiger partial charge on any atom is -0.481 e. The van der Waals surface area contributed by atoms with Crippen LogP contribution in [0.4, 0.5) is 0 Å². The average molecular weight is 294 g/mol. The normalized spacial score (nSPS) is 23.5. The van der Waals surface area contributed by atoms with E-state index in [0.29, 0.717) is 24.5 Å². The molecule has 0 aromatic carbocycles. The van der Waals surface area contributed by atoms with Crippen molar-refractivity contribution in [3.63, 3.8) is 0 Å². The van der Waals surface area contributed by atoms with Gasteiger partial charge in [-0.1, -0.05) is 11.6 Å². The molecule has 5 nitrogen and oxygen atoms in total. The maximum atomic E-state index is 11.2. The number of hydrogen-bond donors (Lipinski definition) is 1. The summed E-state index contributed by atoms with van der Waals surface area (Å²) in [4.78, 5) is 17.9. The molecule has 0 saturated carbocycles. The Hall–Kier alpha value is -1.59. The standard InChI is InChI=1S/C14H16ClN3O2/c1-14(13(19)20)4-5-17(9-14)7-11-8-18-6-10(15)2-3-12(18)16-11/h2-3,6,8H,4-5,7,9H2,1H3,(H,19,20). The van der Waals surface area contributed by atoms with Crippen molar-refractivity contribution in [1.82, 2.24) is 14.3 Å². The average Bonchev–Trinajstić information content (AvgIpc) is 2.93. The number of imidazole rings is 1. The van der Waals surface area contributed by atoms with Crippen LogP contribution in [0.3, 0.4) is 0 Å². The Labute approximate surface area is 121 Å². The van der Waals surface area contributed by atoms with Gasteiger partial charge < -0.3 is 9.51 Å². The van der Waals surface area contributed by atoms with Crippen LogP contribution in [0.5, 0.6) is 0 Å². The number of aliphatic carboxylic acids is 1. The third-order valence-corrected chi connectivity index (χ3v) is 4.14. The summed E-state index contributed by atoms with van der Waals surface area (Å²) < 4.78 is 1.89. The number of rotatable bonds is 3. The summed E-state index contributed by atoms with van der Waals surface area (Å²) in [7, 11) is 0. The van der Waals surface area contributed by atoms with E-state index in [1.807, 2.05) is 28.9 Å². The first-order valence-corrected chi connectivity index (χ1v) is 6.93. The molecule has 2 aromatic rings. The summed E-state index contributed by atoms with van der Waals surface area (Å²) in [5.41, 5.74) is 1.15. The van der Waals surface area contributed by atoms with Gasteiger partial charge in [0.05, 0.1) is 16.1 Å². The molecule has 106 valence electrons. The van der Waals surface area contributed by atoms with Crippen molar-refractivity contribution in [2.24, 2.45) is 5.41 Å². The molecule has 1 unspecified atom stereocenters. The third-order valence-electron chi connectivity index (χ3n) is 3.92. The summed E-state index contributed by atoms with van der Waals surface area (Å²) in [5.74, 6) is -0.721. The number of pyridine rings is 1. The highest BCUT2D eigenvalue weighted by atomic mass is 35.5. The predicted molar refractivity (Wildman–Crippen MR) is 75.8 cm³/mol. The van der Waals surface area contributed by atoms with Gasteiger partial charge in [0.25, 0.3) is 0 Å². The highest BCUT2D eigenvalue weighted by Crippen LogP contribution is 2.30. The van der Waals surface area contributed by atoms with Gasteiger partial charge in [-0.3, -0.25) is 9.69 Å². The number of likely N-dealkylation sites (tertiary alicyclic amines) is 1. The van der Waals surface area contributed by atoms with Gasteiger partial charge >= 0.3 is 5.97 Å². The van der Waals surface area contributed by atoms with Gasteiger partial charge in [0.15, 0.2) is 0 Å². The summed E-state index contributed by atoms with van der Waals surface area (Å²) in [6.07, 6.45) is 4.44. The zero-order valence-electron chi connectivity index (χ0n) is 11.2. The van der Waals surface area contributed by atoms with E-state index >= 15 is 0 Å². The smallest absolute Gasteiger partial charge is 0.310 e. The Bertz CT molecular complexity index is 669. The highest BCUT2D eigenvalue weighted by Gasteiger charge is 2.40. The fourth-order valence-electron chi connectivity index (χ4n) is 2.69. The van der Waals surface area contributed by atoms with E-state index < -0.39 is 11.4 Å². The van der Waals surface area contributed by atoms with Crippen molar-refractivity contribution in [1.29, 1.82) is 0 Å². The number of carbonyl (C=O) groups is 1. The summed E-state index contributed by atoms with van der Waals surface area (Å²) >= 11 is 5.95. The van der Waals surface area contributed by atoms with Crippen molar-refractivity contribution < 1.29 is 9.90 Å². The minimum absolute atomic E-state index is 0.566. The number of carboxylic acids is 1. The van der Waals surface area contributed by atoms with Crippen LogP contribution in [0.1, 0.15) is 19.0 Å². The highest BCUT2D eigenvalue weighted by molar-refractivity contribution is 6.30. The van der Waals surface area contributed by atoms with E-state index in [9.17, 15) is 9.90 Å². The van der Waals surface area contributed by atoms with E-state index in [1.54, 1.807) is 6.92 Å². The van der Waals surface area contributed by atoms with Crippen LogP contribution < -0.4 is 0 Å². The molecule has 3 heterocycles. The second-order valence-electron chi connectivity index (χ2n) is 5.67. The zero-order chi connectivity index (χ0) is 14.3. The van der Waals surface area contributed by atoms with Crippen LogP contribution in [-0.2, 0) is 11.3 Å². The van der Waals surface area contributed by atoms with E-state index in [2.05, 4.69) is 9.88 Å². The van der Waals surface area contributed by atoms with Gasteiger partial charge in [0.1, 0.15) is 5.65 Å². The Morgan fingerprint density at radius 2 is 2.30 bits per heavy atom. The van der Waals surface area contributed by atoms with Crippen molar-refractivity contribution in [2.45, 2.75) is 19.9 Å². The van der Waals surface area contributed by atoms with Crippen LogP contribution >= 0.6 is 11.6 Å². The van der Waals surface area contributed by atoms with Crippen LogP contribution in [-0.4, -0.2) is 38.4 Å². The third kappa shape index (κ3) is 2.39. The van der Waals surface area contributed by atoms with Crippen LogP contribution in [0, 0.1) is 5.41 Å². The number of carboxylic acid groups (broad SMARTS) is 1. The molecule has 2 aromatic heterocycles. The molecule has 1 N–H and O–H groups in total. The molecular formula is C14H16ClN3O2. The van der Waals surface area contributed by atoms with Crippen molar-refractivity contribution in [2.75, 3.05) is 13.1 Å². The fourth-order valence-corrected chi connectivity index (χ4v) is 2.86. The predicted octanol–water partition coefficient (Wildman–Crippen LogP) is 2.28. The van der Waals surface area contributed by atoms with Crippen LogP contribution in [0.15, 0.2) is 24.5 Å². The molecular weight excluding hydrogens is 278 g/mol. The lowest BCUT2D eigenvalue weighted by Gasteiger charge is -2.19. The van der Waals surface area contributed by atoms with Gasteiger partial charge in [-0.05, 0) is 32.0 Å². The Kier molecular flexibility index (Phi) is 3.18. The van der Waals surface area contributed by atoms with Crippen molar-refractivity contribution >= 4 is 23.2 Å². The van der Waals surface area contributed by atoms with Gasteiger partial charge in [0.2, 0.25) is 0 Å². The lowest BCUT2D eigenvalue weighted by Crippen LogP contribution is -2.31. The van der Waals surface area contributed by atoms with Gasteiger partial charge in [-0.25, -0.2) is 4.98 Å². The molecule has 1 saturated heterocycles. The lowest BCUT2D eigenvalue weighted by atomic mass is 9.90. The quantitative estimate of drug-likeness (QED) is 0.943. The van der Waals surface area contributed by atoms with E-state index in [4.69, 9.17) is 11.6 Å². The fraction of sp³-hybridized carbons (Fsp3) is 0.429. The minimum atomic E-state index is -0.721. The Morgan fingerprint density at radius 3 is 3.00 bits per heavy atom. The van der Waals surface area contributed by atoms with Gasteiger partial charge in [0, 0.05) is 25.5 Å². The molecule has 6 heteroatoms. The maximum Gasteiger partial charge on any atom is 0.310 e. The first kappa shape index (κ1) is 13.4. The zero-order valence-corrected chi connectivity index (χ0v) is 12.0. The van der Waals surface area contributed by atoms with Crippen molar-refractivity contribution in [3.8, 4) is 0 Å². The number of halogens is 1. The second-order valence-corrected chi connectivity index (χ2v) is 6.11. The number of fused-ring (bicyclic) bond motifs is 1. The van der Waals surface area contributed by atoms with Gasteiger partial charge in [-0.2, -0.15) is 0 Å². The molecule has 0 bridgehead atoms. The summed E-state index contributed by atoms with van der Waals surface area (Å²) in [6, 6.07) is 3.68. The number of aromatic nitrogens is 2. The van der Waals surface area contributed by atoms with E-state index in [-0.39, 0.29) is 0 Å². The van der Waals surface area contributed by atoms with Crippen LogP contribution in [0.25, 0.3) is 5.65 Å². The lowest BCUT2D eigenvalue weighted by molar-refractivity contribution is -0.147. The van der Waals surface area contributed by atoms with Gasteiger partial charge in [-0.15, -0.1) is 0 Å². The molecule has 1 fully saturated rings. The number of hydrogen-bond acceptors (Lipinski definition) is 3. The molecule has 0 radical (unpaired) electrons. The topological polar surface area (TPSA) is 57.8 Å². The molecule has 0 spiro atoms. The molecule has 3 rings (SSSR count). The van der Waals surface area contributed by atoms with E-state index in [1.165, 1.54) is 0 Å². The summed E-state index contributed by atoms with van der Waals surface area (Å²) in [5, 5.41) is 9.91. The largest absolute Gasteiger partial charge is 0.481 e. The molecule has 1 aliphatic rings. The summed E-state index contributed by atoms with van der Waals surface area (Å²) in [6.45, 7) is 3.83. The monoisotopic (exact) mass is 293 g/mol. The van der Waals surface area contributed by atoms with E-state index in [0.717, 1.165) is 17.9 Å². The number of nitrogens with zero attached hydrogens (tertiary/aromatic N) is 3. The first-order valence-electron chi connectivity index (χ1n) is 6.55. The molecule has 1 aliphatic heterocycles. The molecule has 20 heavy (non-hydrogen) atoms. The Balaban J connectivity index is 1.76. The molecule has 0 amide bonds. The first-order chi connectivity index (χ1) is 9.46.